The lowest BCUT2D eigenvalue weighted by molar-refractivity contribution is 0.104. The topological polar surface area (TPSA) is 74.2 Å². The highest BCUT2D eigenvalue weighted by atomic mass is 16.5. The third-order valence-electron chi connectivity index (χ3n) is 3.72. The average Bonchev–Trinajstić information content (AvgIpc) is 2.69. The molecule has 2 rings (SSSR count). The number of aromatic hydroxyl groups is 1. The smallest absolute Gasteiger partial charge is 0.203 e. The summed E-state index contributed by atoms with van der Waals surface area (Å²) in [6, 6.07) is 7.96. The molecule has 0 spiro atoms. The molecule has 27 heavy (non-hydrogen) atoms. The van der Waals surface area contributed by atoms with E-state index in [2.05, 4.69) is 6.58 Å². The Labute approximate surface area is 158 Å². The van der Waals surface area contributed by atoms with Gasteiger partial charge in [-0.3, -0.25) is 4.79 Å². The van der Waals surface area contributed by atoms with Crippen LogP contribution in [0.3, 0.4) is 0 Å². The second-order valence-corrected chi connectivity index (χ2v) is 5.43. The quantitative estimate of drug-likeness (QED) is 0.410. The number of carbonyl (C=O) groups is 1. The minimum atomic E-state index is -0.350. The lowest BCUT2D eigenvalue weighted by atomic mass is 10.1. The van der Waals surface area contributed by atoms with E-state index in [4.69, 9.17) is 18.9 Å². The Hall–Kier alpha value is -3.41. The number of hydrogen-bond donors (Lipinski definition) is 1. The van der Waals surface area contributed by atoms with Crippen LogP contribution >= 0.6 is 0 Å². The Morgan fingerprint density at radius 3 is 2.26 bits per heavy atom. The van der Waals surface area contributed by atoms with Crippen LogP contribution in [0.15, 0.2) is 49.1 Å². The number of allylic oxidation sites excluding steroid dienone is 1. The Balaban J connectivity index is 2.25. The number of hydrogen-bond acceptors (Lipinski definition) is 6. The van der Waals surface area contributed by atoms with Gasteiger partial charge in [0.2, 0.25) is 5.75 Å². The Kier molecular flexibility index (Phi) is 6.88. The highest BCUT2D eigenvalue weighted by Gasteiger charge is 2.13. The van der Waals surface area contributed by atoms with E-state index in [-0.39, 0.29) is 17.1 Å². The van der Waals surface area contributed by atoms with Crippen LogP contribution in [0.1, 0.15) is 15.9 Å². The van der Waals surface area contributed by atoms with E-state index in [0.29, 0.717) is 35.2 Å². The molecule has 0 aliphatic carbocycles. The SMILES string of the molecule is C=CCOc1ccc(C(=O)/C=C/c2cc(OC)c(OC)c(OC)c2)c(O)c1. The van der Waals surface area contributed by atoms with Crippen LogP contribution in [0, 0.1) is 0 Å². The molecule has 6 heteroatoms. The van der Waals surface area contributed by atoms with Crippen molar-refractivity contribution < 1.29 is 28.8 Å². The van der Waals surface area contributed by atoms with Crippen molar-refractivity contribution in [3.05, 3.63) is 60.2 Å². The minimum absolute atomic E-state index is 0.156. The number of methoxy groups -OCH3 is 3. The zero-order valence-corrected chi connectivity index (χ0v) is 15.5. The van der Waals surface area contributed by atoms with E-state index < -0.39 is 0 Å². The molecule has 0 radical (unpaired) electrons. The summed E-state index contributed by atoms with van der Waals surface area (Å²) in [5.74, 6) is 1.38. The van der Waals surface area contributed by atoms with E-state index in [1.165, 1.54) is 39.5 Å². The molecule has 0 aromatic heterocycles. The van der Waals surface area contributed by atoms with Gasteiger partial charge in [-0.25, -0.2) is 0 Å². The molecule has 0 fully saturated rings. The van der Waals surface area contributed by atoms with Crippen molar-refractivity contribution in [1.29, 1.82) is 0 Å². The summed E-state index contributed by atoms with van der Waals surface area (Å²) < 4.78 is 21.2. The number of phenols is 1. The molecule has 0 heterocycles. The molecule has 0 atom stereocenters. The van der Waals surface area contributed by atoms with Crippen LogP contribution in [0.25, 0.3) is 6.08 Å². The number of benzene rings is 2. The lowest BCUT2D eigenvalue weighted by Crippen LogP contribution is -1.98. The van der Waals surface area contributed by atoms with E-state index in [0.717, 1.165) is 0 Å². The summed E-state index contributed by atoms with van der Waals surface area (Å²) in [4.78, 5) is 12.4. The maximum Gasteiger partial charge on any atom is 0.203 e. The fourth-order valence-corrected chi connectivity index (χ4v) is 2.42. The first-order valence-corrected chi connectivity index (χ1v) is 8.13. The predicted octanol–water partition coefficient (Wildman–Crippen LogP) is 3.88. The van der Waals surface area contributed by atoms with Crippen LogP contribution in [0.4, 0.5) is 0 Å². The van der Waals surface area contributed by atoms with Crippen LogP contribution in [0.5, 0.6) is 28.7 Å². The zero-order chi connectivity index (χ0) is 19.8. The van der Waals surface area contributed by atoms with Gasteiger partial charge in [-0.1, -0.05) is 18.7 Å². The van der Waals surface area contributed by atoms with Gasteiger partial charge in [0.15, 0.2) is 17.3 Å². The summed E-state index contributed by atoms with van der Waals surface area (Å²) in [6.45, 7) is 3.87. The normalized spacial score (nSPS) is 10.5. The number of carbonyl (C=O) groups excluding carboxylic acids is 1. The number of ketones is 1. The van der Waals surface area contributed by atoms with Gasteiger partial charge >= 0.3 is 0 Å². The maximum absolute atomic E-state index is 12.4. The van der Waals surface area contributed by atoms with Crippen molar-refractivity contribution in [2.24, 2.45) is 0 Å². The third kappa shape index (κ3) is 4.82. The Morgan fingerprint density at radius 1 is 1.07 bits per heavy atom. The zero-order valence-electron chi connectivity index (χ0n) is 15.5. The first-order valence-electron chi connectivity index (χ1n) is 8.13. The first kappa shape index (κ1) is 19.9. The summed E-state index contributed by atoms with van der Waals surface area (Å²) in [7, 11) is 4.55. The highest BCUT2D eigenvalue weighted by molar-refractivity contribution is 6.08. The van der Waals surface area contributed by atoms with Crippen molar-refractivity contribution in [2.45, 2.75) is 0 Å². The molecule has 0 unspecified atom stereocenters. The minimum Gasteiger partial charge on any atom is -0.507 e. The number of ether oxygens (including phenoxy) is 4. The van der Waals surface area contributed by atoms with Crippen LogP contribution in [-0.4, -0.2) is 38.8 Å². The second kappa shape index (κ2) is 9.33. The van der Waals surface area contributed by atoms with Gasteiger partial charge in [0, 0.05) is 6.07 Å². The fourth-order valence-electron chi connectivity index (χ4n) is 2.42. The lowest BCUT2D eigenvalue weighted by Gasteiger charge is -2.12. The van der Waals surface area contributed by atoms with Crippen LogP contribution < -0.4 is 18.9 Å². The van der Waals surface area contributed by atoms with Crippen LogP contribution in [0.2, 0.25) is 0 Å². The summed E-state index contributed by atoms with van der Waals surface area (Å²) >= 11 is 0. The first-order chi connectivity index (χ1) is 13.0. The maximum atomic E-state index is 12.4. The van der Waals surface area contributed by atoms with Gasteiger partial charge < -0.3 is 24.1 Å². The number of rotatable bonds is 9. The van der Waals surface area contributed by atoms with Crippen molar-refractivity contribution in [2.75, 3.05) is 27.9 Å². The molecule has 6 nitrogen and oxygen atoms in total. The highest BCUT2D eigenvalue weighted by Crippen LogP contribution is 2.38. The largest absolute Gasteiger partial charge is 0.507 e. The second-order valence-electron chi connectivity index (χ2n) is 5.43. The molecule has 1 N–H and O–H groups in total. The molecule has 0 amide bonds. The van der Waals surface area contributed by atoms with Gasteiger partial charge in [-0.05, 0) is 35.9 Å². The van der Waals surface area contributed by atoms with Crippen LogP contribution in [-0.2, 0) is 0 Å². The molecular weight excluding hydrogens is 348 g/mol. The monoisotopic (exact) mass is 370 g/mol. The van der Waals surface area contributed by atoms with E-state index in [9.17, 15) is 9.90 Å². The summed E-state index contributed by atoms with van der Waals surface area (Å²) in [6.07, 6.45) is 4.56. The van der Waals surface area contributed by atoms with Crippen molar-refractivity contribution >= 4 is 11.9 Å². The third-order valence-corrected chi connectivity index (χ3v) is 3.72. The van der Waals surface area contributed by atoms with E-state index >= 15 is 0 Å². The molecule has 2 aromatic rings. The molecule has 0 bridgehead atoms. The van der Waals surface area contributed by atoms with Crippen molar-refractivity contribution in [1.82, 2.24) is 0 Å². The number of phenolic OH excluding ortho intramolecular Hbond substituents is 1. The molecule has 2 aromatic carbocycles. The molecule has 0 aliphatic rings. The molecule has 0 saturated carbocycles. The molecule has 142 valence electrons. The van der Waals surface area contributed by atoms with E-state index in [1.54, 1.807) is 30.4 Å². The molecular formula is C21H22O6. The van der Waals surface area contributed by atoms with E-state index in [1.807, 2.05) is 0 Å². The average molecular weight is 370 g/mol. The van der Waals surface area contributed by atoms with Gasteiger partial charge in [-0.15, -0.1) is 0 Å². The van der Waals surface area contributed by atoms with Gasteiger partial charge in [0.1, 0.15) is 18.1 Å². The fraction of sp³-hybridized carbons (Fsp3) is 0.190. The Morgan fingerprint density at radius 2 is 1.74 bits per heavy atom. The molecule has 0 saturated heterocycles. The van der Waals surface area contributed by atoms with Gasteiger partial charge in [-0.2, -0.15) is 0 Å². The van der Waals surface area contributed by atoms with Gasteiger partial charge in [0.25, 0.3) is 0 Å². The standard InChI is InChI=1S/C21H22O6/c1-5-10-27-15-7-8-16(18(23)13-15)17(22)9-6-14-11-19(24-2)21(26-4)20(12-14)25-3/h5-9,11-13,23H,1,10H2,2-4H3/b9-6+. The van der Waals surface area contributed by atoms with Crippen molar-refractivity contribution in [3.8, 4) is 28.7 Å². The summed E-state index contributed by atoms with van der Waals surface area (Å²) in [5, 5.41) is 10.1. The molecule has 0 aliphatic heterocycles. The van der Waals surface area contributed by atoms with Gasteiger partial charge in [0.05, 0.1) is 26.9 Å². The van der Waals surface area contributed by atoms with Crippen molar-refractivity contribution in [3.63, 3.8) is 0 Å². The Bertz CT molecular complexity index is 829. The summed E-state index contributed by atoms with van der Waals surface area (Å²) in [5.41, 5.74) is 0.855. The predicted molar refractivity (Wildman–Crippen MR) is 103 cm³/mol.